The number of pyridine rings is 1. The van der Waals surface area contributed by atoms with Crippen LogP contribution in [0.4, 0.5) is 5.82 Å². The molecule has 0 radical (unpaired) electrons. The number of ketones is 1. The Kier molecular flexibility index (Phi) is 3.34. The number of nitrogens with zero attached hydrogens (tertiary/aromatic N) is 1. The molecule has 1 aromatic rings. The largest absolute Gasteiger partial charge is 0.383 e. The average molecular weight is 216 g/mol. The summed E-state index contributed by atoms with van der Waals surface area (Å²) in [7, 11) is 0. The first-order chi connectivity index (χ1) is 7.77. The molecule has 84 valence electrons. The van der Waals surface area contributed by atoms with Gasteiger partial charge in [0.2, 0.25) is 0 Å². The maximum atomic E-state index is 11.9. The highest BCUT2D eigenvalue weighted by molar-refractivity contribution is 6.07. The van der Waals surface area contributed by atoms with E-state index in [4.69, 9.17) is 5.73 Å². The van der Waals surface area contributed by atoms with Crippen LogP contribution in [0.3, 0.4) is 0 Å². The summed E-state index contributed by atoms with van der Waals surface area (Å²) in [6.45, 7) is 0. The Morgan fingerprint density at radius 1 is 1.31 bits per heavy atom. The molecule has 0 aliphatic heterocycles. The van der Waals surface area contributed by atoms with Crippen LogP contribution >= 0.6 is 0 Å². The number of nitrogens with two attached hydrogens (primary N) is 1. The van der Waals surface area contributed by atoms with Crippen LogP contribution < -0.4 is 5.73 Å². The first-order valence-corrected chi connectivity index (χ1v) is 5.71. The molecule has 0 amide bonds. The first-order valence-electron chi connectivity index (χ1n) is 5.71. The summed E-state index contributed by atoms with van der Waals surface area (Å²) < 4.78 is 0. The van der Waals surface area contributed by atoms with Crippen molar-refractivity contribution in [3.05, 3.63) is 35.5 Å². The van der Waals surface area contributed by atoms with Crippen molar-refractivity contribution >= 4 is 11.6 Å². The molecular formula is C13H16N2O. The fourth-order valence-corrected chi connectivity index (χ4v) is 2.04. The number of rotatable bonds is 2. The van der Waals surface area contributed by atoms with E-state index in [0.717, 1.165) is 12.8 Å². The highest BCUT2D eigenvalue weighted by Crippen LogP contribution is 2.23. The Labute approximate surface area is 95.4 Å². The van der Waals surface area contributed by atoms with E-state index < -0.39 is 0 Å². The summed E-state index contributed by atoms with van der Waals surface area (Å²) in [6.07, 6.45) is 9.11. The summed E-state index contributed by atoms with van der Waals surface area (Å²) in [5, 5.41) is 0. The number of hydrogen-bond acceptors (Lipinski definition) is 3. The van der Waals surface area contributed by atoms with Crippen molar-refractivity contribution in [1.29, 1.82) is 0 Å². The molecule has 0 saturated heterocycles. The van der Waals surface area contributed by atoms with E-state index in [-0.39, 0.29) is 5.78 Å². The van der Waals surface area contributed by atoms with E-state index in [1.54, 1.807) is 24.4 Å². The molecule has 3 nitrogen and oxygen atoms in total. The number of carbonyl (C=O) groups is 1. The second-order valence-electron chi connectivity index (χ2n) is 4.16. The van der Waals surface area contributed by atoms with Gasteiger partial charge in [-0.05, 0) is 43.9 Å². The van der Waals surface area contributed by atoms with E-state index in [9.17, 15) is 4.79 Å². The number of allylic oxidation sites excluding steroid dienone is 2. The molecule has 2 N–H and O–H groups in total. The number of aromatic nitrogens is 1. The number of anilines is 1. The smallest absolute Gasteiger partial charge is 0.189 e. The monoisotopic (exact) mass is 216 g/mol. The fourth-order valence-electron chi connectivity index (χ4n) is 2.04. The Morgan fingerprint density at radius 3 is 2.75 bits per heavy atom. The van der Waals surface area contributed by atoms with E-state index in [0.29, 0.717) is 11.4 Å². The molecule has 1 aliphatic rings. The van der Waals surface area contributed by atoms with Gasteiger partial charge in [-0.25, -0.2) is 4.98 Å². The van der Waals surface area contributed by atoms with E-state index in [1.165, 1.54) is 24.8 Å². The van der Waals surface area contributed by atoms with Crippen molar-refractivity contribution in [2.75, 3.05) is 5.73 Å². The average Bonchev–Trinajstić information content (AvgIpc) is 2.31. The highest BCUT2D eigenvalue weighted by atomic mass is 16.1. The molecule has 1 heterocycles. The topological polar surface area (TPSA) is 56.0 Å². The third-order valence-electron chi connectivity index (χ3n) is 2.93. The molecule has 0 bridgehead atoms. The summed E-state index contributed by atoms with van der Waals surface area (Å²) >= 11 is 0. The molecule has 0 aromatic carbocycles. The van der Waals surface area contributed by atoms with Crippen LogP contribution in [0.2, 0.25) is 0 Å². The lowest BCUT2D eigenvalue weighted by atomic mass is 9.93. The van der Waals surface area contributed by atoms with Gasteiger partial charge in [-0.15, -0.1) is 0 Å². The van der Waals surface area contributed by atoms with E-state index >= 15 is 0 Å². The summed E-state index contributed by atoms with van der Waals surface area (Å²) in [4.78, 5) is 15.9. The lowest BCUT2D eigenvalue weighted by Gasteiger charge is -2.13. The van der Waals surface area contributed by atoms with Crippen LogP contribution in [0.5, 0.6) is 0 Å². The van der Waals surface area contributed by atoms with Crippen molar-refractivity contribution in [3.8, 4) is 0 Å². The van der Waals surface area contributed by atoms with Gasteiger partial charge in [-0.3, -0.25) is 4.79 Å². The molecule has 0 atom stereocenters. The van der Waals surface area contributed by atoms with Crippen molar-refractivity contribution in [2.24, 2.45) is 0 Å². The molecular weight excluding hydrogens is 200 g/mol. The highest BCUT2D eigenvalue weighted by Gasteiger charge is 2.11. The number of carbonyl (C=O) groups excluding carboxylic acids is 1. The molecule has 3 heteroatoms. The van der Waals surface area contributed by atoms with Gasteiger partial charge in [-0.1, -0.05) is 12.0 Å². The molecule has 1 saturated carbocycles. The number of hydrogen-bond donors (Lipinski definition) is 1. The Hall–Kier alpha value is -1.64. The van der Waals surface area contributed by atoms with Gasteiger partial charge in [0.25, 0.3) is 0 Å². The predicted octanol–water partition coefficient (Wildman–Crippen LogP) is 2.74. The van der Waals surface area contributed by atoms with Crippen molar-refractivity contribution in [1.82, 2.24) is 4.98 Å². The Balaban J connectivity index is 2.16. The van der Waals surface area contributed by atoms with Crippen LogP contribution in [-0.4, -0.2) is 10.8 Å². The first kappa shape index (κ1) is 10.9. The fraction of sp³-hybridized carbons (Fsp3) is 0.385. The van der Waals surface area contributed by atoms with Crippen LogP contribution in [0, 0.1) is 0 Å². The summed E-state index contributed by atoms with van der Waals surface area (Å²) in [5.41, 5.74) is 7.43. The quantitative estimate of drug-likeness (QED) is 0.611. The van der Waals surface area contributed by atoms with Crippen LogP contribution in [0.1, 0.15) is 42.5 Å². The van der Waals surface area contributed by atoms with Crippen molar-refractivity contribution < 1.29 is 4.79 Å². The molecule has 1 fully saturated rings. The van der Waals surface area contributed by atoms with Gasteiger partial charge in [0.15, 0.2) is 5.78 Å². The predicted molar refractivity (Wildman–Crippen MR) is 64.1 cm³/mol. The maximum absolute atomic E-state index is 11.9. The van der Waals surface area contributed by atoms with Gasteiger partial charge >= 0.3 is 0 Å². The van der Waals surface area contributed by atoms with Gasteiger partial charge < -0.3 is 5.73 Å². The normalized spacial score (nSPS) is 15.9. The minimum atomic E-state index is -0.0116. The van der Waals surface area contributed by atoms with E-state index in [1.807, 2.05) is 0 Å². The summed E-state index contributed by atoms with van der Waals surface area (Å²) in [5.74, 6) is 0.308. The zero-order valence-electron chi connectivity index (χ0n) is 9.28. The van der Waals surface area contributed by atoms with Gasteiger partial charge in [0, 0.05) is 6.20 Å². The SMILES string of the molecule is Nc1ncccc1C(=O)C=C1CCCCC1. The summed E-state index contributed by atoms with van der Waals surface area (Å²) in [6, 6.07) is 3.47. The molecule has 1 aliphatic carbocycles. The lowest BCUT2D eigenvalue weighted by molar-refractivity contribution is 0.104. The van der Waals surface area contributed by atoms with Crippen molar-refractivity contribution in [3.63, 3.8) is 0 Å². The van der Waals surface area contributed by atoms with Crippen LogP contribution in [0.15, 0.2) is 30.0 Å². The molecule has 1 aromatic heterocycles. The Morgan fingerprint density at radius 2 is 2.06 bits per heavy atom. The zero-order chi connectivity index (χ0) is 11.4. The van der Waals surface area contributed by atoms with Gasteiger partial charge in [0.1, 0.15) is 5.82 Å². The van der Waals surface area contributed by atoms with Gasteiger partial charge in [-0.2, -0.15) is 0 Å². The minimum Gasteiger partial charge on any atom is -0.383 e. The maximum Gasteiger partial charge on any atom is 0.189 e. The number of nitrogen functional groups attached to an aromatic ring is 1. The third kappa shape index (κ3) is 2.48. The standard InChI is InChI=1S/C13H16N2O/c14-13-11(7-4-8-15-13)12(16)9-10-5-2-1-3-6-10/h4,7-9H,1-3,5-6H2,(H2,14,15). The molecule has 0 spiro atoms. The minimum absolute atomic E-state index is 0.0116. The lowest BCUT2D eigenvalue weighted by Crippen LogP contribution is -2.04. The van der Waals surface area contributed by atoms with Crippen LogP contribution in [0.25, 0.3) is 0 Å². The zero-order valence-corrected chi connectivity index (χ0v) is 9.28. The Bertz CT molecular complexity index is 416. The van der Waals surface area contributed by atoms with Crippen molar-refractivity contribution in [2.45, 2.75) is 32.1 Å². The third-order valence-corrected chi connectivity index (χ3v) is 2.93. The van der Waals surface area contributed by atoms with Crippen LogP contribution in [-0.2, 0) is 0 Å². The molecule has 2 rings (SSSR count). The second kappa shape index (κ2) is 4.92. The second-order valence-corrected chi connectivity index (χ2v) is 4.16. The molecule has 16 heavy (non-hydrogen) atoms. The van der Waals surface area contributed by atoms with E-state index in [2.05, 4.69) is 4.98 Å². The van der Waals surface area contributed by atoms with Gasteiger partial charge in [0.05, 0.1) is 5.56 Å². The molecule has 0 unspecified atom stereocenters.